The first kappa shape index (κ1) is 20.6. The van der Waals surface area contributed by atoms with E-state index in [1.165, 1.54) is 35.0 Å². The Labute approximate surface area is 162 Å². The molecular formula is C15H20N8O6. The first-order valence-corrected chi connectivity index (χ1v) is 8.34. The second kappa shape index (κ2) is 7.69. The van der Waals surface area contributed by atoms with Crippen molar-refractivity contribution in [3.63, 3.8) is 0 Å². The zero-order valence-electron chi connectivity index (χ0n) is 15.2. The van der Waals surface area contributed by atoms with Crippen LogP contribution in [0.2, 0.25) is 0 Å². The molecule has 4 heterocycles. The lowest BCUT2D eigenvalue weighted by Crippen LogP contribution is -2.33. The monoisotopic (exact) mass is 408 g/mol. The van der Waals surface area contributed by atoms with Crippen LogP contribution >= 0.6 is 0 Å². The third kappa shape index (κ3) is 3.28. The smallest absolute Gasteiger partial charge is 0.254 e. The van der Waals surface area contributed by atoms with Crippen LogP contribution in [0.1, 0.15) is 16.6 Å². The van der Waals surface area contributed by atoms with Gasteiger partial charge in [0.2, 0.25) is 0 Å². The number of aliphatic hydroxyl groups is 3. The van der Waals surface area contributed by atoms with Gasteiger partial charge in [-0.05, 0) is 0 Å². The number of hydrogen-bond acceptors (Lipinski definition) is 10. The van der Waals surface area contributed by atoms with Crippen molar-refractivity contribution >= 4 is 22.9 Å². The van der Waals surface area contributed by atoms with Crippen LogP contribution in [-0.4, -0.2) is 88.0 Å². The van der Waals surface area contributed by atoms with E-state index < -0.39 is 31.1 Å². The molecule has 14 nitrogen and oxygen atoms in total. The summed E-state index contributed by atoms with van der Waals surface area (Å²) in [6.45, 7) is -0.459. The normalized spacial score (nSPS) is 23.9. The van der Waals surface area contributed by atoms with Crippen LogP contribution in [0.25, 0.3) is 17.1 Å². The third-order valence-electron chi connectivity index (χ3n) is 4.50. The Morgan fingerprint density at radius 1 is 1.34 bits per heavy atom. The fourth-order valence-corrected chi connectivity index (χ4v) is 3.02. The lowest BCUT2D eigenvalue weighted by atomic mass is 10.1. The molecule has 0 aromatic carbocycles. The van der Waals surface area contributed by atoms with E-state index in [2.05, 4.69) is 25.4 Å². The molecule has 1 fully saturated rings. The Balaban J connectivity index is 0.00000240. The summed E-state index contributed by atoms with van der Waals surface area (Å²) in [7, 11) is 1.50. The maximum atomic E-state index is 11.7. The number of nitrogen functional groups attached to an aromatic ring is 1. The summed E-state index contributed by atoms with van der Waals surface area (Å²) in [5.74, 6) is -0.187. The molecule has 3 aromatic heterocycles. The summed E-state index contributed by atoms with van der Waals surface area (Å²) in [6.07, 6.45) is -0.418. The van der Waals surface area contributed by atoms with E-state index in [1.807, 2.05) is 0 Å². The Morgan fingerprint density at radius 3 is 2.76 bits per heavy atom. The molecule has 1 saturated heterocycles. The topological polar surface area (TPSA) is 218 Å². The molecule has 0 bridgehead atoms. The van der Waals surface area contributed by atoms with Crippen molar-refractivity contribution in [3.05, 3.63) is 24.3 Å². The molecule has 0 saturated carbocycles. The number of fused-ring (bicyclic) bond motifs is 1. The summed E-state index contributed by atoms with van der Waals surface area (Å²) >= 11 is 0. The minimum Gasteiger partial charge on any atom is -0.412 e. The fraction of sp³-hybridized carbons (Fsp3) is 0.400. The zero-order valence-corrected chi connectivity index (χ0v) is 15.2. The van der Waals surface area contributed by atoms with Crippen molar-refractivity contribution in [2.45, 2.75) is 24.5 Å². The molecule has 8 N–H and O–H groups in total. The molecule has 0 radical (unpaired) electrons. The van der Waals surface area contributed by atoms with Gasteiger partial charge in [-0.1, -0.05) is 0 Å². The fourth-order valence-electron chi connectivity index (χ4n) is 3.02. The highest BCUT2D eigenvalue weighted by molar-refractivity contribution is 5.93. The number of carbonyl (C=O) groups is 1. The number of ether oxygens (including phenoxy) is 1. The van der Waals surface area contributed by atoms with Gasteiger partial charge < -0.3 is 36.6 Å². The van der Waals surface area contributed by atoms with Gasteiger partial charge in [-0.3, -0.25) is 9.36 Å². The van der Waals surface area contributed by atoms with Crippen molar-refractivity contribution in [2.24, 2.45) is 0 Å². The number of rotatable bonds is 4. The molecule has 0 spiro atoms. The number of nitrogens with two attached hydrogens (primary N) is 1. The second-order valence-electron chi connectivity index (χ2n) is 6.21. The van der Waals surface area contributed by atoms with Gasteiger partial charge >= 0.3 is 0 Å². The number of imidazole rings is 1. The van der Waals surface area contributed by atoms with Crippen LogP contribution < -0.4 is 11.1 Å². The van der Waals surface area contributed by atoms with E-state index in [-0.39, 0.29) is 34.3 Å². The zero-order chi connectivity index (χ0) is 20.0. The number of anilines is 1. The first-order valence-electron chi connectivity index (χ1n) is 8.34. The van der Waals surface area contributed by atoms with Crippen LogP contribution in [-0.2, 0) is 4.74 Å². The van der Waals surface area contributed by atoms with Crippen LogP contribution in [0.3, 0.4) is 0 Å². The van der Waals surface area contributed by atoms with Crippen LogP contribution in [0.5, 0.6) is 0 Å². The standard InChI is InChI=1S/C15H18N8O5.H2O/c1-17-13(27)6-2-19-23(3-6)15-20-11(16)8-12(21-15)22(5-18-8)14-10(26)9(25)7(4-24)28-14;/h2-3,5,7,9-10,14,24-26H,4H2,1H3,(H,17,27)(H2,16,20,21);1H2/t7-,9-,10-,14?;/m1./s1. The highest BCUT2D eigenvalue weighted by Gasteiger charge is 2.44. The van der Waals surface area contributed by atoms with E-state index in [1.54, 1.807) is 0 Å². The minimum atomic E-state index is -1.31. The van der Waals surface area contributed by atoms with Gasteiger partial charge in [0.1, 0.15) is 23.8 Å². The quantitative estimate of drug-likeness (QED) is 0.290. The van der Waals surface area contributed by atoms with E-state index in [9.17, 15) is 20.1 Å². The number of hydrogen-bond donors (Lipinski definition) is 5. The summed E-state index contributed by atoms with van der Waals surface area (Å²) < 4.78 is 8.18. The summed E-state index contributed by atoms with van der Waals surface area (Å²) in [5.41, 5.74) is 6.78. The van der Waals surface area contributed by atoms with Crippen molar-refractivity contribution in [1.29, 1.82) is 0 Å². The van der Waals surface area contributed by atoms with Crippen molar-refractivity contribution in [1.82, 2.24) is 34.6 Å². The molecule has 1 aliphatic rings. The number of nitrogens with one attached hydrogen (secondary N) is 1. The van der Waals surface area contributed by atoms with Crippen LogP contribution in [0.15, 0.2) is 18.7 Å². The Bertz CT molecular complexity index is 1040. The molecule has 29 heavy (non-hydrogen) atoms. The number of carbonyl (C=O) groups excluding carboxylic acids is 1. The minimum absolute atomic E-state index is 0. The summed E-state index contributed by atoms with van der Waals surface area (Å²) in [4.78, 5) is 24.4. The van der Waals surface area contributed by atoms with Gasteiger partial charge in [0.05, 0.1) is 24.7 Å². The summed E-state index contributed by atoms with van der Waals surface area (Å²) in [5, 5.41) is 36.1. The lowest BCUT2D eigenvalue weighted by Gasteiger charge is -2.16. The van der Waals surface area contributed by atoms with Crippen molar-refractivity contribution in [3.8, 4) is 5.95 Å². The molecular weight excluding hydrogens is 388 g/mol. The largest absolute Gasteiger partial charge is 0.412 e. The molecule has 4 rings (SSSR count). The number of amides is 1. The second-order valence-corrected chi connectivity index (χ2v) is 6.21. The molecule has 4 atom stereocenters. The van der Waals surface area contributed by atoms with Gasteiger partial charge in [-0.2, -0.15) is 15.1 Å². The van der Waals surface area contributed by atoms with Gasteiger partial charge in [0.15, 0.2) is 17.7 Å². The van der Waals surface area contributed by atoms with E-state index in [0.29, 0.717) is 5.56 Å². The van der Waals surface area contributed by atoms with Gasteiger partial charge in [-0.15, -0.1) is 0 Å². The maximum Gasteiger partial charge on any atom is 0.254 e. The molecule has 14 heteroatoms. The molecule has 156 valence electrons. The summed E-state index contributed by atoms with van der Waals surface area (Å²) in [6, 6.07) is 0. The van der Waals surface area contributed by atoms with Gasteiger partial charge in [-0.25, -0.2) is 9.67 Å². The molecule has 1 amide bonds. The van der Waals surface area contributed by atoms with Crippen LogP contribution in [0.4, 0.5) is 5.82 Å². The molecule has 3 aromatic rings. The first-order chi connectivity index (χ1) is 13.4. The van der Waals surface area contributed by atoms with E-state index in [0.717, 1.165) is 0 Å². The predicted octanol–water partition coefficient (Wildman–Crippen LogP) is -3.26. The number of nitrogens with zero attached hydrogens (tertiary/aromatic N) is 6. The van der Waals surface area contributed by atoms with E-state index >= 15 is 0 Å². The predicted molar refractivity (Wildman–Crippen MR) is 96.9 cm³/mol. The van der Waals surface area contributed by atoms with Crippen molar-refractivity contribution in [2.75, 3.05) is 19.4 Å². The average Bonchev–Trinajstić information content (AvgIpc) is 3.40. The average molecular weight is 408 g/mol. The molecule has 1 aliphatic heterocycles. The maximum absolute atomic E-state index is 11.7. The lowest BCUT2D eigenvalue weighted by molar-refractivity contribution is -0.0511. The third-order valence-corrected chi connectivity index (χ3v) is 4.50. The van der Waals surface area contributed by atoms with Gasteiger partial charge in [0.25, 0.3) is 11.9 Å². The molecule has 1 unspecified atom stereocenters. The Morgan fingerprint density at radius 2 is 2.10 bits per heavy atom. The highest BCUT2D eigenvalue weighted by Crippen LogP contribution is 2.32. The van der Waals surface area contributed by atoms with Gasteiger partial charge in [0, 0.05) is 13.2 Å². The highest BCUT2D eigenvalue weighted by atomic mass is 16.6. The SMILES string of the molecule is CNC(=O)c1cnn(-c2nc(N)c3ncn(C4O[C@H](CO)[C@@H](O)[C@H]4O)c3n2)c1.O. The Hall–Kier alpha value is -3.17. The van der Waals surface area contributed by atoms with E-state index in [4.69, 9.17) is 10.5 Å². The van der Waals surface area contributed by atoms with Crippen LogP contribution in [0, 0.1) is 0 Å². The van der Waals surface area contributed by atoms with Crippen molar-refractivity contribution < 1.29 is 30.3 Å². The molecule has 0 aliphatic carbocycles. The number of aromatic nitrogens is 6. The Kier molecular flexibility index (Phi) is 5.45. The number of aliphatic hydroxyl groups excluding tert-OH is 3.